The number of benzene rings is 1. The predicted octanol–water partition coefficient (Wildman–Crippen LogP) is 1.77. The van der Waals surface area contributed by atoms with Gasteiger partial charge in [-0.25, -0.2) is 8.42 Å². The van der Waals surface area contributed by atoms with E-state index in [1.165, 1.54) is 18.2 Å². The van der Waals surface area contributed by atoms with Gasteiger partial charge in [-0.2, -0.15) is 0 Å². The maximum absolute atomic E-state index is 11.3. The van der Waals surface area contributed by atoms with Crippen LogP contribution in [0.2, 0.25) is 0 Å². The molecule has 0 atom stereocenters. The Bertz CT molecular complexity index is 521. The van der Waals surface area contributed by atoms with E-state index < -0.39 is 19.4 Å². The largest absolute Gasteiger partial charge is 0.299 e. The van der Waals surface area contributed by atoms with Gasteiger partial charge in [0.2, 0.25) is 0 Å². The summed E-state index contributed by atoms with van der Waals surface area (Å²) in [6, 6.07) is 5.26. The second kappa shape index (κ2) is 4.30. The predicted molar refractivity (Wildman–Crippen MR) is 55.7 cm³/mol. The number of rotatable bonds is 2. The summed E-state index contributed by atoms with van der Waals surface area (Å²) >= 11 is 5.17. The molecule has 0 bridgehead atoms. The van der Waals surface area contributed by atoms with E-state index >= 15 is 0 Å². The third-order valence-electron chi connectivity index (χ3n) is 1.58. The van der Waals surface area contributed by atoms with E-state index in [0.717, 1.165) is 6.07 Å². The average molecular weight is 267 g/mol. The summed E-state index contributed by atoms with van der Waals surface area (Å²) in [7, 11) is 0.474. The lowest BCUT2D eigenvalue weighted by Crippen LogP contribution is -2.12. The van der Waals surface area contributed by atoms with Gasteiger partial charge in [-0.3, -0.25) is 9.59 Å². The molecule has 1 aromatic rings. The number of hydrogen-bond donors (Lipinski definition) is 0. The molecular formula is C8H4Cl2O4S. The van der Waals surface area contributed by atoms with Crippen LogP contribution in [0.3, 0.4) is 0 Å². The minimum absolute atomic E-state index is 0.187. The van der Waals surface area contributed by atoms with Crippen LogP contribution in [0.15, 0.2) is 24.3 Å². The van der Waals surface area contributed by atoms with Crippen molar-refractivity contribution in [3.8, 4) is 0 Å². The van der Waals surface area contributed by atoms with Crippen molar-refractivity contribution in [3.05, 3.63) is 35.4 Å². The number of carbonyl (C=O) groups is 2. The molecule has 15 heavy (non-hydrogen) atoms. The molecule has 0 saturated carbocycles. The molecule has 0 saturated heterocycles. The van der Waals surface area contributed by atoms with Crippen LogP contribution in [0.5, 0.6) is 0 Å². The molecule has 0 aliphatic heterocycles. The molecule has 1 aromatic carbocycles. The molecule has 80 valence electrons. The molecule has 0 N–H and O–H groups in total. The maximum atomic E-state index is 11.3. The van der Waals surface area contributed by atoms with Crippen molar-refractivity contribution < 1.29 is 18.0 Å². The molecule has 0 aromatic heterocycles. The quantitative estimate of drug-likeness (QED) is 0.766. The second-order valence-corrected chi connectivity index (χ2v) is 5.35. The Hall–Kier alpha value is -0.910. The zero-order chi connectivity index (χ0) is 11.6. The zero-order valence-electron chi connectivity index (χ0n) is 7.11. The highest BCUT2D eigenvalue weighted by molar-refractivity contribution is 8.25. The van der Waals surface area contributed by atoms with Gasteiger partial charge in [-0.05, 0) is 23.7 Å². The Morgan fingerprint density at radius 1 is 1.07 bits per heavy atom. The van der Waals surface area contributed by atoms with E-state index in [9.17, 15) is 18.0 Å². The molecule has 0 spiro atoms. The summed E-state index contributed by atoms with van der Waals surface area (Å²) in [6.45, 7) is 0. The fourth-order valence-corrected chi connectivity index (χ4v) is 1.82. The van der Waals surface area contributed by atoms with Gasteiger partial charge in [0, 0.05) is 21.8 Å². The Labute approximate surface area is 95.2 Å². The van der Waals surface area contributed by atoms with Gasteiger partial charge in [0.25, 0.3) is 19.4 Å². The molecule has 1 rings (SSSR count). The molecule has 0 aliphatic rings. The van der Waals surface area contributed by atoms with Gasteiger partial charge in [0.15, 0.2) is 0 Å². The first-order valence-electron chi connectivity index (χ1n) is 3.62. The third kappa shape index (κ3) is 2.77. The number of hydrogen-bond acceptors (Lipinski definition) is 4. The topological polar surface area (TPSA) is 68.3 Å². The zero-order valence-corrected chi connectivity index (χ0v) is 9.43. The fourth-order valence-electron chi connectivity index (χ4n) is 0.964. The Morgan fingerprint density at radius 3 is 1.93 bits per heavy atom. The first-order valence-corrected chi connectivity index (χ1v) is 6.30. The van der Waals surface area contributed by atoms with Crippen molar-refractivity contribution in [2.45, 2.75) is 0 Å². The molecule has 0 radical (unpaired) electrons. The van der Waals surface area contributed by atoms with Gasteiger partial charge < -0.3 is 0 Å². The van der Waals surface area contributed by atoms with Crippen molar-refractivity contribution in [2.24, 2.45) is 0 Å². The molecule has 0 fully saturated rings. The fraction of sp³-hybridized carbons (Fsp3) is 0. The van der Waals surface area contributed by atoms with E-state index in [4.69, 9.17) is 22.3 Å². The van der Waals surface area contributed by atoms with E-state index in [1.807, 2.05) is 0 Å². The summed E-state index contributed by atoms with van der Waals surface area (Å²) in [6.07, 6.45) is 0. The van der Waals surface area contributed by atoms with Crippen LogP contribution in [-0.2, 0) is 9.05 Å². The Balaban J connectivity index is 3.39. The SMILES string of the molecule is O=C(Cl)c1ccccc1C(=O)S(=O)(=O)Cl. The van der Waals surface area contributed by atoms with Crippen LogP contribution in [0.1, 0.15) is 20.7 Å². The van der Waals surface area contributed by atoms with Crippen LogP contribution in [-0.4, -0.2) is 18.8 Å². The van der Waals surface area contributed by atoms with Crippen LogP contribution in [0.4, 0.5) is 0 Å². The van der Waals surface area contributed by atoms with E-state index in [1.54, 1.807) is 0 Å². The standard InChI is InChI=1S/C8H4Cl2O4S/c9-7(11)5-3-1-2-4-6(5)8(12)15(10,13)14/h1-4H. The molecule has 0 amide bonds. The van der Waals surface area contributed by atoms with Crippen molar-refractivity contribution in [1.29, 1.82) is 0 Å². The highest BCUT2D eigenvalue weighted by atomic mass is 35.7. The third-order valence-corrected chi connectivity index (χ3v) is 2.87. The first kappa shape index (κ1) is 12.2. The summed E-state index contributed by atoms with van der Waals surface area (Å²) in [5.74, 6) is 0. The Morgan fingerprint density at radius 2 is 1.53 bits per heavy atom. The maximum Gasteiger partial charge on any atom is 0.299 e. The summed E-state index contributed by atoms with van der Waals surface area (Å²) in [5.41, 5.74) is -0.513. The van der Waals surface area contributed by atoms with Crippen LogP contribution in [0, 0.1) is 0 Å². The van der Waals surface area contributed by atoms with Crippen LogP contribution < -0.4 is 0 Å². The lowest BCUT2D eigenvalue weighted by Gasteiger charge is -2.01. The highest BCUT2D eigenvalue weighted by Gasteiger charge is 2.25. The van der Waals surface area contributed by atoms with Gasteiger partial charge in [-0.1, -0.05) is 12.1 Å². The van der Waals surface area contributed by atoms with E-state index in [-0.39, 0.29) is 11.1 Å². The monoisotopic (exact) mass is 266 g/mol. The van der Waals surface area contributed by atoms with E-state index in [0.29, 0.717) is 0 Å². The first-order chi connectivity index (χ1) is 6.84. The molecule has 4 nitrogen and oxygen atoms in total. The van der Waals surface area contributed by atoms with Gasteiger partial charge in [0.1, 0.15) is 0 Å². The molecular weight excluding hydrogens is 263 g/mol. The lowest BCUT2D eigenvalue weighted by molar-refractivity contribution is 0.105. The summed E-state index contributed by atoms with van der Waals surface area (Å²) < 4.78 is 21.5. The van der Waals surface area contributed by atoms with Gasteiger partial charge >= 0.3 is 0 Å². The van der Waals surface area contributed by atoms with E-state index in [2.05, 4.69) is 0 Å². The highest BCUT2D eigenvalue weighted by Crippen LogP contribution is 2.16. The van der Waals surface area contributed by atoms with Gasteiger partial charge in [-0.15, -0.1) is 0 Å². The molecule has 7 heteroatoms. The van der Waals surface area contributed by atoms with Crippen LogP contribution in [0.25, 0.3) is 0 Å². The second-order valence-electron chi connectivity index (χ2n) is 2.54. The average Bonchev–Trinajstić information content (AvgIpc) is 2.15. The number of halogens is 2. The molecule has 0 aliphatic carbocycles. The molecule has 0 heterocycles. The summed E-state index contributed by atoms with van der Waals surface area (Å²) in [5, 5.41) is -2.26. The summed E-state index contributed by atoms with van der Waals surface area (Å²) in [4.78, 5) is 22.1. The van der Waals surface area contributed by atoms with Crippen molar-refractivity contribution in [1.82, 2.24) is 0 Å². The minimum Gasteiger partial charge on any atom is -0.276 e. The lowest BCUT2D eigenvalue weighted by atomic mass is 10.1. The van der Waals surface area contributed by atoms with Crippen molar-refractivity contribution in [3.63, 3.8) is 0 Å². The molecule has 0 unspecified atom stereocenters. The normalized spacial score (nSPS) is 11.1. The number of carbonyl (C=O) groups excluding carboxylic acids is 2. The smallest absolute Gasteiger partial charge is 0.276 e. The van der Waals surface area contributed by atoms with Crippen molar-refractivity contribution in [2.75, 3.05) is 0 Å². The van der Waals surface area contributed by atoms with Crippen molar-refractivity contribution >= 4 is 41.7 Å². The van der Waals surface area contributed by atoms with Gasteiger partial charge in [0.05, 0.1) is 0 Å². The minimum atomic E-state index is -4.39. The van der Waals surface area contributed by atoms with Crippen LogP contribution >= 0.6 is 22.3 Å². The Kier molecular flexibility index (Phi) is 3.49.